The molecule has 4 rings (SSSR count). The number of hydrogen-bond donors (Lipinski definition) is 1. The second kappa shape index (κ2) is 17.3. The number of hydrogen-bond acceptors (Lipinski definition) is 7. The van der Waals surface area contributed by atoms with Gasteiger partial charge in [-0.05, 0) is 30.5 Å². The molecule has 1 fully saturated rings. The van der Waals surface area contributed by atoms with Gasteiger partial charge in [0, 0.05) is 0 Å². The summed E-state index contributed by atoms with van der Waals surface area (Å²) in [6.07, 6.45) is -4.04. The number of carbonyl (C=O) groups excluding carboxylic acids is 1. The molecule has 1 N–H and O–H groups in total. The second-order valence-corrected chi connectivity index (χ2v) is 13.1. The fraction of sp³-hybridized carbons (Fsp3) is 0.424. The van der Waals surface area contributed by atoms with Crippen molar-refractivity contribution in [3.05, 3.63) is 108 Å². The predicted molar refractivity (Wildman–Crippen MR) is 170 cm³/mol. The van der Waals surface area contributed by atoms with Gasteiger partial charge in [-0.2, -0.15) is 0 Å². The fourth-order valence-corrected chi connectivity index (χ4v) is 4.86. The van der Waals surface area contributed by atoms with E-state index >= 15 is 0 Å². The molecule has 0 aliphatic carbocycles. The van der Waals surface area contributed by atoms with Crippen LogP contribution >= 0.6 is 34.8 Å². The van der Waals surface area contributed by atoms with Crippen LogP contribution in [0.1, 0.15) is 30.5 Å². The number of rotatable bonds is 14. The molecule has 0 bridgehead atoms. The van der Waals surface area contributed by atoms with Crippen molar-refractivity contribution in [2.24, 2.45) is 0 Å². The number of alkyl halides is 3. The number of ether oxygens (including phenoxy) is 6. The third-order valence-corrected chi connectivity index (χ3v) is 7.00. The summed E-state index contributed by atoms with van der Waals surface area (Å²) in [5.74, 6) is 0. The minimum absolute atomic E-state index is 0.182. The van der Waals surface area contributed by atoms with E-state index in [1.165, 1.54) is 0 Å². The Labute approximate surface area is 273 Å². The summed E-state index contributed by atoms with van der Waals surface area (Å²) in [5, 5.41) is 2.83. The molecule has 0 radical (unpaired) electrons. The highest BCUT2D eigenvalue weighted by Crippen LogP contribution is 2.30. The first-order valence-corrected chi connectivity index (χ1v) is 15.5. The second-order valence-electron chi connectivity index (χ2n) is 10.6. The molecule has 11 heteroatoms. The van der Waals surface area contributed by atoms with Crippen molar-refractivity contribution in [2.75, 3.05) is 13.2 Å². The molecule has 1 aliphatic rings. The van der Waals surface area contributed by atoms with Gasteiger partial charge in [-0.25, -0.2) is 4.79 Å². The van der Waals surface area contributed by atoms with E-state index in [0.717, 1.165) is 16.7 Å². The monoisotopic (exact) mass is 665 g/mol. The predicted octanol–water partition coefficient (Wildman–Crippen LogP) is 6.99. The van der Waals surface area contributed by atoms with E-state index in [1.807, 2.05) is 105 Å². The third kappa shape index (κ3) is 11.5. The minimum Gasteiger partial charge on any atom is -0.445 e. The summed E-state index contributed by atoms with van der Waals surface area (Å²) < 4.78 is 35.3. The van der Waals surface area contributed by atoms with Crippen molar-refractivity contribution in [1.29, 1.82) is 0 Å². The zero-order valence-electron chi connectivity index (χ0n) is 24.7. The van der Waals surface area contributed by atoms with Crippen LogP contribution in [-0.4, -0.2) is 59.8 Å². The van der Waals surface area contributed by atoms with E-state index in [9.17, 15) is 4.79 Å². The van der Waals surface area contributed by atoms with Crippen LogP contribution in [0.15, 0.2) is 91.0 Å². The van der Waals surface area contributed by atoms with E-state index < -0.39 is 47.1 Å². The van der Waals surface area contributed by atoms with E-state index in [1.54, 1.807) is 0 Å². The molecule has 1 saturated heterocycles. The average Bonchev–Trinajstić information content (AvgIpc) is 3.00. The molecule has 3 aromatic rings. The first-order chi connectivity index (χ1) is 21.2. The van der Waals surface area contributed by atoms with Crippen LogP contribution in [-0.2, 0) is 48.2 Å². The number of nitrogens with one attached hydrogen (secondary N) is 1. The Bertz CT molecular complexity index is 1250. The topological polar surface area (TPSA) is 84.5 Å². The normalized spacial score (nSPS) is 22.1. The summed E-state index contributed by atoms with van der Waals surface area (Å²) in [7, 11) is 0. The van der Waals surface area contributed by atoms with Crippen LogP contribution in [0.25, 0.3) is 0 Å². The molecule has 8 nitrogen and oxygen atoms in total. The SMILES string of the molecule is CC(C)OC1O[C@H](COCc2ccccc2)[C@@H](OCc2ccccc2)[C@H](OCc2ccccc2)[C@H]1NC(=O)OCC(Cl)(Cl)Cl. The van der Waals surface area contributed by atoms with Gasteiger partial charge in [0.2, 0.25) is 3.79 Å². The van der Waals surface area contributed by atoms with Gasteiger partial charge in [0.15, 0.2) is 6.29 Å². The maximum absolute atomic E-state index is 13.0. The Hall–Kier alpha value is -2.40. The fourth-order valence-electron chi connectivity index (χ4n) is 4.70. The first kappa shape index (κ1) is 34.5. The van der Waals surface area contributed by atoms with Gasteiger partial charge in [0.1, 0.15) is 31.0 Å². The molecule has 1 amide bonds. The van der Waals surface area contributed by atoms with Crippen LogP contribution in [0.4, 0.5) is 4.79 Å². The summed E-state index contributed by atoms with van der Waals surface area (Å²) in [6, 6.07) is 28.5. The maximum atomic E-state index is 13.0. The van der Waals surface area contributed by atoms with Crippen molar-refractivity contribution in [3.8, 4) is 0 Å². The smallest absolute Gasteiger partial charge is 0.407 e. The lowest BCUT2D eigenvalue weighted by molar-refractivity contribution is -0.297. The molecular weight excluding hydrogens is 629 g/mol. The lowest BCUT2D eigenvalue weighted by atomic mass is 9.96. The zero-order chi connectivity index (χ0) is 31.4. The van der Waals surface area contributed by atoms with Gasteiger partial charge >= 0.3 is 6.09 Å². The lowest BCUT2D eigenvalue weighted by Gasteiger charge is -2.46. The van der Waals surface area contributed by atoms with Gasteiger partial charge in [-0.15, -0.1) is 0 Å². The van der Waals surface area contributed by atoms with Gasteiger partial charge in [-0.1, -0.05) is 126 Å². The van der Waals surface area contributed by atoms with E-state index in [0.29, 0.717) is 6.61 Å². The van der Waals surface area contributed by atoms with Gasteiger partial charge < -0.3 is 33.7 Å². The van der Waals surface area contributed by atoms with Gasteiger partial charge in [0.25, 0.3) is 0 Å². The van der Waals surface area contributed by atoms with Gasteiger partial charge in [0.05, 0.1) is 32.5 Å². The standard InChI is InChI=1S/C33H38Cl3NO7/c1-23(2)43-31-28(37-32(38)42-22-33(34,35)36)30(41-20-26-16-10-5-11-17-26)29(40-19-25-14-8-4-9-15-25)27(44-31)21-39-18-24-12-6-3-7-13-24/h3-17,23,27-31H,18-22H2,1-2H3,(H,37,38)/t27-,28-,29-,30-,31?/m1/s1. The Balaban J connectivity index is 1.62. The molecule has 1 aliphatic heterocycles. The first-order valence-electron chi connectivity index (χ1n) is 14.4. The van der Waals surface area contributed by atoms with Crippen molar-refractivity contribution < 1.29 is 33.2 Å². The lowest BCUT2D eigenvalue weighted by Crippen LogP contribution is -2.66. The molecule has 5 atom stereocenters. The quantitative estimate of drug-likeness (QED) is 0.186. The molecular formula is C33H38Cl3NO7. The number of halogens is 3. The molecule has 0 spiro atoms. The molecule has 3 aromatic carbocycles. The average molecular weight is 667 g/mol. The number of carbonyl (C=O) groups is 1. The highest BCUT2D eigenvalue weighted by Gasteiger charge is 2.49. The Kier molecular flexibility index (Phi) is 13.6. The summed E-state index contributed by atoms with van der Waals surface area (Å²) in [6.45, 7) is 4.37. The molecule has 238 valence electrons. The Morgan fingerprint density at radius 2 is 1.30 bits per heavy atom. The molecule has 0 saturated carbocycles. The Morgan fingerprint density at radius 1 is 0.795 bits per heavy atom. The van der Waals surface area contributed by atoms with Crippen molar-refractivity contribution in [1.82, 2.24) is 5.32 Å². The van der Waals surface area contributed by atoms with E-state index in [-0.39, 0.29) is 25.9 Å². The van der Waals surface area contributed by atoms with Crippen molar-refractivity contribution in [2.45, 2.75) is 74.2 Å². The number of benzene rings is 3. The molecule has 1 unspecified atom stereocenters. The van der Waals surface area contributed by atoms with Gasteiger partial charge in [-0.3, -0.25) is 0 Å². The summed E-state index contributed by atoms with van der Waals surface area (Å²) in [4.78, 5) is 13.0. The van der Waals surface area contributed by atoms with E-state index in [2.05, 4.69) is 5.32 Å². The van der Waals surface area contributed by atoms with Crippen LogP contribution in [0.5, 0.6) is 0 Å². The minimum atomic E-state index is -1.78. The van der Waals surface area contributed by atoms with E-state index in [4.69, 9.17) is 63.2 Å². The third-order valence-electron chi connectivity index (χ3n) is 6.67. The highest BCUT2D eigenvalue weighted by atomic mass is 35.6. The maximum Gasteiger partial charge on any atom is 0.407 e. The molecule has 44 heavy (non-hydrogen) atoms. The van der Waals surface area contributed by atoms with Crippen LogP contribution < -0.4 is 5.32 Å². The zero-order valence-corrected chi connectivity index (χ0v) is 26.9. The van der Waals surface area contributed by atoms with Crippen molar-refractivity contribution >= 4 is 40.9 Å². The van der Waals surface area contributed by atoms with Crippen LogP contribution in [0.2, 0.25) is 0 Å². The van der Waals surface area contributed by atoms with Crippen LogP contribution in [0, 0.1) is 0 Å². The summed E-state index contributed by atoms with van der Waals surface area (Å²) in [5.41, 5.74) is 2.93. The highest BCUT2D eigenvalue weighted by molar-refractivity contribution is 6.67. The molecule has 1 heterocycles. The van der Waals surface area contributed by atoms with Crippen molar-refractivity contribution in [3.63, 3.8) is 0 Å². The number of amides is 1. The number of alkyl carbamates (subject to hydrolysis) is 1. The largest absolute Gasteiger partial charge is 0.445 e. The van der Waals surface area contributed by atoms with Crippen LogP contribution in [0.3, 0.4) is 0 Å². The Morgan fingerprint density at radius 3 is 1.80 bits per heavy atom. The molecule has 0 aromatic heterocycles. The summed E-state index contributed by atoms with van der Waals surface area (Å²) >= 11 is 17.4.